The number of rotatable bonds is 6. The third kappa shape index (κ3) is 4.15. The van der Waals surface area contributed by atoms with Crippen LogP contribution < -0.4 is 10.0 Å². The topological polar surface area (TPSA) is 128 Å². The second-order valence-electron chi connectivity index (χ2n) is 7.86. The van der Waals surface area contributed by atoms with Crippen molar-refractivity contribution in [3.05, 3.63) is 46.3 Å². The molecule has 31 heavy (non-hydrogen) atoms. The van der Waals surface area contributed by atoms with Crippen LogP contribution in [0, 0.1) is 0 Å². The number of amides is 1. The monoisotopic (exact) mass is 443 g/mol. The molecule has 2 aromatic rings. The predicted octanol–water partition coefficient (Wildman–Crippen LogP) is 2.70. The fourth-order valence-electron chi connectivity index (χ4n) is 4.33. The first kappa shape index (κ1) is 21.3. The molecular formula is C22H25N3O5S. The second kappa shape index (κ2) is 8.32. The van der Waals surface area contributed by atoms with Gasteiger partial charge in [0.25, 0.3) is 5.91 Å². The van der Waals surface area contributed by atoms with E-state index in [0.29, 0.717) is 23.2 Å². The van der Waals surface area contributed by atoms with Crippen LogP contribution in [0.25, 0.3) is 11.6 Å². The van der Waals surface area contributed by atoms with Crippen LogP contribution in [-0.4, -0.2) is 37.4 Å². The van der Waals surface area contributed by atoms with Gasteiger partial charge >= 0.3 is 5.97 Å². The average Bonchev–Trinajstić information content (AvgIpc) is 3.11. The molecule has 0 unspecified atom stereocenters. The summed E-state index contributed by atoms with van der Waals surface area (Å²) in [5.41, 5.74) is 5.35. The number of carbonyl (C=O) groups excluding carboxylic acids is 1. The Hall–Kier alpha value is -2.91. The van der Waals surface area contributed by atoms with E-state index in [0.717, 1.165) is 54.6 Å². The number of hydrogen-bond acceptors (Lipinski definition) is 4. The summed E-state index contributed by atoms with van der Waals surface area (Å²) in [7, 11) is -2.32. The molecule has 4 rings (SSSR count). The van der Waals surface area contributed by atoms with Gasteiger partial charge in [-0.15, -0.1) is 0 Å². The average molecular weight is 444 g/mol. The van der Waals surface area contributed by atoms with Gasteiger partial charge < -0.3 is 15.4 Å². The minimum atomic E-state index is -3.66. The molecule has 2 heterocycles. The van der Waals surface area contributed by atoms with E-state index >= 15 is 0 Å². The molecule has 0 fully saturated rings. The summed E-state index contributed by atoms with van der Waals surface area (Å²) in [4.78, 5) is 27.4. The number of aromatic amines is 1. The van der Waals surface area contributed by atoms with Crippen molar-refractivity contribution in [2.45, 2.75) is 49.8 Å². The van der Waals surface area contributed by atoms with E-state index in [9.17, 15) is 23.1 Å². The number of fused-ring (bicyclic) bond motifs is 2. The summed E-state index contributed by atoms with van der Waals surface area (Å²) in [6, 6.07) is 4.51. The zero-order valence-electron chi connectivity index (χ0n) is 17.2. The number of benzene rings is 1. The molecule has 0 spiro atoms. The lowest BCUT2D eigenvalue weighted by Gasteiger charge is -2.06. The van der Waals surface area contributed by atoms with E-state index in [1.807, 2.05) is 0 Å². The van der Waals surface area contributed by atoms with Crippen LogP contribution >= 0.6 is 0 Å². The lowest BCUT2D eigenvalue weighted by molar-refractivity contribution is -0.137. The Kier molecular flexibility index (Phi) is 5.72. The van der Waals surface area contributed by atoms with Gasteiger partial charge in [-0.2, -0.15) is 0 Å². The molecule has 8 nitrogen and oxygen atoms in total. The molecular weight excluding hydrogens is 418 g/mol. The largest absolute Gasteiger partial charge is 0.481 e. The summed E-state index contributed by atoms with van der Waals surface area (Å²) < 4.78 is 26.7. The van der Waals surface area contributed by atoms with E-state index < -0.39 is 16.0 Å². The molecule has 1 aromatic carbocycles. The summed E-state index contributed by atoms with van der Waals surface area (Å²) >= 11 is 0. The number of aryl methyl sites for hydroxylation is 1. The lowest BCUT2D eigenvalue weighted by atomic mass is 9.98. The Morgan fingerprint density at radius 1 is 1.23 bits per heavy atom. The minimum Gasteiger partial charge on any atom is -0.481 e. The predicted molar refractivity (Wildman–Crippen MR) is 117 cm³/mol. The van der Waals surface area contributed by atoms with Crippen LogP contribution in [0.5, 0.6) is 0 Å². The Balaban J connectivity index is 1.81. The summed E-state index contributed by atoms with van der Waals surface area (Å²) in [6.07, 6.45) is 7.14. The van der Waals surface area contributed by atoms with Crippen molar-refractivity contribution in [3.63, 3.8) is 0 Å². The van der Waals surface area contributed by atoms with E-state index in [4.69, 9.17) is 0 Å². The zero-order chi connectivity index (χ0) is 22.2. The normalized spacial score (nSPS) is 17.2. The van der Waals surface area contributed by atoms with Crippen molar-refractivity contribution in [1.29, 1.82) is 0 Å². The highest BCUT2D eigenvalue weighted by Gasteiger charge is 2.28. The molecule has 2 aliphatic rings. The molecule has 1 aromatic heterocycles. The Morgan fingerprint density at radius 3 is 2.74 bits per heavy atom. The second-order valence-corrected chi connectivity index (χ2v) is 9.74. The fourth-order valence-corrected chi connectivity index (χ4v) is 5.09. The summed E-state index contributed by atoms with van der Waals surface area (Å²) in [6.45, 7) is 0. The minimum absolute atomic E-state index is 0.00775. The molecule has 0 bridgehead atoms. The zero-order valence-corrected chi connectivity index (χ0v) is 18.1. The van der Waals surface area contributed by atoms with Crippen LogP contribution in [0.1, 0.15) is 53.8 Å². The van der Waals surface area contributed by atoms with E-state index in [1.54, 1.807) is 12.1 Å². The Labute approximate surface area is 180 Å². The Bertz CT molecular complexity index is 1190. The van der Waals surface area contributed by atoms with Gasteiger partial charge in [0.1, 0.15) is 0 Å². The molecule has 9 heteroatoms. The van der Waals surface area contributed by atoms with Gasteiger partial charge in [-0.3, -0.25) is 9.59 Å². The van der Waals surface area contributed by atoms with Gasteiger partial charge in [-0.1, -0.05) is 6.42 Å². The van der Waals surface area contributed by atoms with Gasteiger partial charge in [0, 0.05) is 29.1 Å². The number of carbonyl (C=O) groups is 2. The van der Waals surface area contributed by atoms with Crippen molar-refractivity contribution >= 4 is 39.2 Å². The van der Waals surface area contributed by atoms with E-state index in [2.05, 4.69) is 15.0 Å². The third-order valence-electron chi connectivity index (χ3n) is 5.92. The summed E-state index contributed by atoms with van der Waals surface area (Å²) in [5.74, 6) is -1.18. The molecule has 0 radical (unpaired) electrons. The van der Waals surface area contributed by atoms with Crippen LogP contribution in [0.15, 0.2) is 23.1 Å². The van der Waals surface area contributed by atoms with Gasteiger partial charge in [0.05, 0.1) is 10.5 Å². The number of nitrogens with one attached hydrogen (secondary N) is 3. The van der Waals surface area contributed by atoms with E-state index in [-0.39, 0.29) is 17.2 Å². The van der Waals surface area contributed by atoms with Crippen molar-refractivity contribution in [3.8, 4) is 0 Å². The molecule has 164 valence electrons. The van der Waals surface area contributed by atoms with Crippen molar-refractivity contribution in [2.24, 2.45) is 0 Å². The van der Waals surface area contributed by atoms with E-state index in [1.165, 1.54) is 19.2 Å². The van der Waals surface area contributed by atoms with Crippen LogP contribution in [0.4, 0.5) is 5.69 Å². The maximum absolute atomic E-state index is 12.7. The first-order valence-corrected chi connectivity index (χ1v) is 11.8. The highest BCUT2D eigenvalue weighted by atomic mass is 32.2. The number of carboxylic acids is 1. The van der Waals surface area contributed by atoms with Gasteiger partial charge in [-0.25, -0.2) is 13.1 Å². The molecule has 1 aliphatic carbocycles. The van der Waals surface area contributed by atoms with Crippen molar-refractivity contribution in [1.82, 2.24) is 9.71 Å². The van der Waals surface area contributed by atoms with Crippen LogP contribution in [-0.2, 0) is 38.9 Å². The third-order valence-corrected chi connectivity index (χ3v) is 7.34. The van der Waals surface area contributed by atoms with Crippen molar-refractivity contribution < 1.29 is 23.1 Å². The fraction of sp³-hybridized carbons (Fsp3) is 0.364. The lowest BCUT2D eigenvalue weighted by Crippen LogP contribution is -2.18. The molecule has 0 saturated carbocycles. The number of sulfonamides is 1. The highest BCUT2D eigenvalue weighted by molar-refractivity contribution is 7.89. The molecule has 4 N–H and O–H groups in total. The highest BCUT2D eigenvalue weighted by Crippen LogP contribution is 2.36. The SMILES string of the molecule is CNS(=O)(=O)c1ccc2c(c1)/C(=C/c1[nH]c3c(c1CCC(=O)O)CCCCC3)C(=O)N2. The maximum Gasteiger partial charge on any atom is 0.303 e. The Morgan fingerprint density at radius 2 is 2.00 bits per heavy atom. The molecule has 1 aliphatic heterocycles. The van der Waals surface area contributed by atoms with Gasteiger partial charge in [0.2, 0.25) is 10.0 Å². The summed E-state index contributed by atoms with van der Waals surface area (Å²) in [5, 5.41) is 12.0. The van der Waals surface area contributed by atoms with Gasteiger partial charge in [0.15, 0.2) is 0 Å². The smallest absolute Gasteiger partial charge is 0.303 e. The number of H-pyrrole nitrogens is 1. The number of hydrogen-bond donors (Lipinski definition) is 4. The number of carboxylic acid groups (broad SMARTS) is 1. The number of aromatic nitrogens is 1. The first-order valence-electron chi connectivity index (χ1n) is 10.4. The standard InChI is InChI=1S/C22H25N3O5S/c1-23-31(29,30)13-7-9-19-16(11-13)17(22(28)25-19)12-20-15(8-10-21(26)27)14-5-3-2-4-6-18(14)24-20/h7,9,11-12,23-24H,2-6,8,10H2,1H3,(H,25,28)(H,26,27)/b17-12-. The molecule has 0 saturated heterocycles. The van der Waals surface area contributed by atoms with Gasteiger partial charge in [-0.05, 0) is 74.6 Å². The van der Waals surface area contributed by atoms with Crippen LogP contribution in [0.3, 0.4) is 0 Å². The number of aliphatic carboxylic acids is 1. The number of anilines is 1. The first-order chi connectivity index (χ1) is 14.8. The molecule has 0 atom stereocenters. The maximum atomic E-state index is 12.7. The van der Waals surface area contributed by atoms with Crippen molar-refractivity contribution in [2.75, 3.05) is 12.4 Å². The molecule has 1 amide bonds. The van der Waals surface area contributed by atoms with Crippen LogP contribution in [0.2, 0.25) is 0 Å². The quantitative estimate of drug-likeness (QED) is 0.403.